The summed E-state index contributed by atoms with van der Waals surface area (Å²) in [6, 6.07) is 0.206. The maximum Gasteiger partial charge on any atom is 0.227 e. The second kappa shape index (κ2) is 7.17. The number of carbonyl (C=O) groups excluding carboxylic acids is 1. The van der Waals surface area contributed by atoms with E-state index in [4.69, 9.17) is 9.26 Å². The summed E-state index contributed by atoms with van der Waals surface area (Å²) in [7, 11) is 1.60. The van der Waals surface area contributed by atoms with Gasteiger partial charge in [-0.1, -0.05) is 5.16 Å². The molecule has 0 saturated carbocycles. The number of hydrogen-bond donors (Lipinski definition) is 0. The van der Waals surface area contributed by atoms with Crippen LogP contribution in [0.3, 0.4) is 0 Å². The average Bonchev–Trinajstić information content (AvgIpc) is 3.26. The first-order chi connectivity index (χ1) is 13.1. The van der Waals surface area contributed by atoms with Crippen molar-refractivity contribution in [3.05, 3.63) is 29.4 Å². The molecule has 2 aliphatic heterocycles. The Labute approximate surface area is 158 Å². The number of nitrogens with zero attached hydrogens (tertiary/aromatic N) is 5. The van der Waals surface area contributed by atoms with Gasteiger partial charge in [-0.3, -0.25) is 4.79 Å². The van der Waals surface area contributed by atoms with Crippen molar-refractivity contribution in [3.8, 4) is 5.75 Å². The Morgan fingerprint density at radius 1 is 1.26 bits per heavy atom. The average molecular weight is 371 g/mol. The first-order valence-corrected chi connectivity index (χ1v) is 9.39. The molecule has 4 rings (SSSR count). The summed E-state index contributed by atoms with van der Waals surface area (Å²) in [5, 5.41) is 3.96. The number of piperidine rings is 1. The lowest BCUT2D eigenvalue weighted by atomic mass is 9.92. The van der Waals surface area contributed by atoms with Crippen molar-refractivity contribution in [2.45, 2.75) is 39.2 Å². The third-order valence-electron chi connectivity index (χ3n) is 5.83. The van der Waals surface area contributed by atoms with Crippen LogP contribution in [0, 0.1) is 19.8 Å². The minimum Gasteiger partial charge on any atom is -0.494 e. The van der Waals surface area contributed by atoms with Gasteiger partial charge in [-0.15, -0.1) is 0 Å². The zero-order valence-electron chi connectivity index (χ0n) is 16.0. The monoisotopic (exact) mass is 371 g/mol. The molecule has 8 heteroatoms. The second-order valence-corrected chi connectivity index (χ2v) is 7.34. The molecule has 2 aromatic heterocycles. The molecule has 2 unspecified atom stereocenters. The highest BCUT2D eigenvalue weighted by Crippen LogP contribution is 2.33. The topological polar surface area (TPSA) is 84.6 Å². The Morgan fingerprint density at radius 3 is 2.67 bits per heavy atom. The number of likely N-dealkylation sites (tertiary alicyclic amines) is 1. The van der Waals surface area contributed by atoms with E-state index in [2.05, 4.69) is 20.0 Å². The fraction of sp³-hybridized carbons (Fsp3) is 0.579. The van der Waals surface area contributed by atoms with Gasteiger partial charge in [0.25, 0.3) is 0 Å². The first kappa shape index (κ1) is 17.8. The highest BCUT2D eigenvalue weighted by atomic mass is 16.5. The molecule has 0 radical (unpaired) electrons. The number of aromatic nitrogens is 3. The standard InChI is InChI=1S/C19H25N5O3/c1-12-16(13(2)27-22-12)8-18(25)24-7-5-14-4-6-23(11-17(14)24)19-20-9-15(26-3)10-21-19/h9-10,14,17H,4-8,11H2,1-3H3. The van der Waals surface area contributed by atoms with Crippen LogP contribution in [0.5, 0.6) is 5.75 Å². The maximum absolute atomic E-state index is 13.0. The zero-order valence-corrected chi connectivity index (χ0v) is 16.0. The lowest BCUT2D eigenvalue weighted by Gasteiger charge is -2.38. The van der Waals surface area contributed by atoms with E-state index in [9.17, 15) is 4.79 Å². The molecule has 8 nitrogen and oxygen atoms in total. The number of ether oxygens (including phenoxy) is 1. The molecule has 2 fully saturated rings. The van der Waals surface area contributed by atoms with Crippen LogP contribution in [0.25, 0.3) is 0 Å². The number of carbonyl (C=O) groups is 1. The SMILES string of the molecule is COc1cnc(N2CCC3CCN(C(=O)Cc4c(C)noc4C)C3C2)nc1. The van der Waals surface area contributed by atoms with Gasteiger partial charge in [0.15, 0.2) is 5.75 Å². The lowest BCUT2D eigenvalue weighted by molar-refractivity contribution is -0.131. The van der Waals surface area contributed by atoms with Crippen LogP contribution >= 0.6 is 0 Å². The van der Waals surface area contributed by atoms with Crippen molar-refractivity contribution in [3.63, 3.8) is 0 Å². The molecule has 0 N–H and O–H groups in total. The van der Waals surface area contributed by atoms with Crippen molar-refractivity contribution in [1.29, 1.82) is 0 Å². The third-order valence-corrected chi connectivity index (χ3v) is 5.83. The highest BCUT2D eigenvalue weighted by molar-refractivity contribution is 5.80. The minimum absolute atomic E-state index is 0.148. The van der Waals surface area contributed by atoms with Crippen molar-refractivity contribution in [1.82, 2.24) is 20.0 Å². The molecule has 27 heavy (non-hydrogen) atoms. The van der Waals surface area contributed by atoms with Crippen molar-refractivity contribution in [2.75, 3.05) is 31.6 Å². The number of fused-ring (bicyclic) bond motifs is 1. The number of anilines is 1. The van der Waals surface area contributed by atoms with E-state index >= 15 is 0 Å². The van der Waals surface area contributed by atoms with E-state index in [0.717, 1.165) is 49.5 Å². The van der Waals surface area contributed by atoms with Crippen molar-refractivity contribution >= 4 is 11.9 Å². The van der Waals surface area contributed by atoms with Gasteiger partial charge >= 0.3 is 0 Å². The van der Waals surface area contributed by atoms with Crippen LogP contribution in [-0.2, 0) is 11.2 Å². The van der Waals surface area contributed by atoms with Gasteiger partial charge in [0.1, 0.15) is 5.76 Å². The molecular formula is C19H25N5O3. The zero-order chi connectivity index (χ0) is 19.0. The Kier molecular flexibility index (Phi) is 4.72. The Balaban J connectivity index is 1.47. The van der Waals surface area contributed by atoms with E-state index < -0.39 is 0 Å². The van der Waals surface area contributed by atoms with Crippen molar-refractivity contribution in [2.24, 2.45) is 5.92 Å². The van der Waals surface area contributed by atoms with Crippen molar-refractivity contribution < 1.29 is 14.1 Å². The molecule has 2 saturated heterocycles. The number of hydrogen-bond acceptors (Lipinski definition) is 7. The van der Waals surface area contributed by atoms with Gasteiger partial charge in [0, 0.05) is 25.2 Å². The van der Waals surface area contributed by atoms with E-state index in [1.165, 1.54) is 0 Å². The van der Waals surface area contributed by atoms with Gasteiger partial charge < -0.3 is 19.1 Å². The predicted octanol–water partition coefficient (Wildman–Crippen LogP) is 1.76. The number of methoxy groups -OCH3 is 1. The summed E-state index contributed by atoms with van der Waals surface area (Å²) < 4.78 is 10.3. The molecule has 0 spiro atoms. The molecule has 0 aliphatic carbocycles. The van der Waals surface area contributed by atoms with Gasteiger partial charge in [0.2, 0.25) is 11.9 Å². The second-order valence-electron chi connectivity index (χ2n) is 7.34. The molecule has 0 aromatic carbocycles. The Hall–Kier alpha value is -2.64. The number of aryl methyl sites for hydroxylation is 2. The Bertz CT molecular complexity index is 800. The fourth-order valence-corrected chi connectivity index (χ4v) is 4.22. The van der Waals surface area contributed by atoms with E-state index in [1.54, 1.807) is 19.5 Å². The maximum atomic E-state index is 13.0. The number of rotatable bonds is 4. The molecule has 144 valence electrons. The van der Waals surface area contributed by atoms with Gasteiger partial charge in [-0.05, 0) is 32.6 Å². The van der Waals surface area contributed by atoms with Crippen LogP contribution in [0.15, 0.2) is 16.9 Å². The summed E-state index contributed by atoms with van der Waals surface area (Å²) in [5.74, 6) is 2.76. The molecule has 2 aliphatic rings. The summed E-state index contributed by atoms with van der Waals surface area (Å²) in [6.07, 6.45) is 5.83. The van der Waals surface area contributed by atoms with Gasteiger partial charge in [0.05, 0.1) is 37.7 Å². The predicted molar refractivity (Wildman–Crippen MR) is 98.7 cm³/mol. The van der Waals surface area contributed by atoms with Crippen LogP contribution < -0.4 is 9.64 Å². The Morgan fingerprint density at radius 2 is 2.00 bits per heavy atom. The number of amides is 1. The smallest absolute Gasteiger partial charge is 0.227 e. The molecule has 4 heterocycles. The van der Waals surface area contributed by atoms with Crippen LogP contribution in [0.2, 0.25) is 0 Å². The quantitative estimate of drug-likeness (QED) is 0.809. The fourth-order valence-electron chi connectivity index (χ4n) is 4.22. The summed E-state index contributed by atoms with van der Waals surface area (Å²) in [4.78, 5) is 26.0. The minimum atomic E-state index is 0.148. The van der Waals surface area contributed by atoms with Gasteiger partial charge in [-0.25, -0.2) is 9.97 Å². The first-order valence-electron chi connectivity index (χ1n) is 9.39. The molecule has 1 amide bonds. The summed E-state index contributed by atoms with van der Waals surface area (Å²) in [6.45, 7) is 6.24. The highest BCUT2D eigenvalue weighted by Gasteiger charge is 2.41. The largest absolute Gasteiger partial charge is 0.494 e. The van der Waals surface area contributed by atoms with Crippen LogP contribution in [0.4, 0.5) is 5.95 Å². The van der Waals surface area contributed by atoms with E-state index in [1.807, 2.05) is 18.7 Å². The molecule has 2 aromatic rings. The molecule has 0 bridgehead atoms. The third kappa shape index (κ3) is 3.36. The van der Waals surface area contributed by atoms with Gasteiger partial charge in [-0.2, -0.15) is 0 Å². The lowest BCUT2D eigenvalue weighted by Crippen LogP contribution is -2.50. The van der Waals surface area contributed by atoms with E-state index in [-0.39, 0.29) is 11.9 Å². The van der Waals surface area contributed by atoms with Crippen LogP contribution in [-0.4, -0.2) is 58.7 Å². The van der Waals surface area contributed by atoms with Crippen LogP contribution in [0.1, 0.15) is 29.9 Å². The summed E-state index contributed by atoms with van der Waals surface area (Å²) in [5.41, 5.74) is 1.71. The van der Waals surface area contributed by atoms with E-state index in [0.29, 0.717) is 24.0 Å². The summed E-state index contributed by atoms with van der Waals surface area (Å²) >= 11 is 0. The normalized spacial score (nSPS) is 22.0. The molecule has 2 atom stereocenters. The molecular weight excluding hydrogens is 346 g/mol.